The standard InChI is InChI=1S/C20H27N3O3S/c1-13-10-15(20(3,4)5)11-14(2)18(13)27(25,26)23-17-9-7-8-16(12-17)22-19(24)21-6/h7-12,23H,1-6H3,(H2,21,22,24). The van der Waals surface area contributed by atoms with Crippen LogP contribution in [0.1, 0.15) is 37.5 Å². The Labute approximate surface area is 161 Å². The number of carbonyl (C=O) groups is 1. The van der Waals surface area contributed by atoms with Crippen LogP contribution >= 0.6 is 0 Å². The van der Waals surface area contributed by atoms with Crippen LogP contribution in [-0.2, 0) is 15.4 Å². The number of urea groups is 1. The average Bonchev–Trinajstić information content (AvgIpc) is 2.52. The molecule has 2 aromatic carbocycles. The predicted octanol–water partition coefficient (Wildman–Crippen LogP) is 4.15. The Morgan fingerprint density at radius 3 is 2.04 bits per heavy atom. The Kier molecular flexibility index (Phi) is 5.85. The molecular weight excluding hydrogens is 362 g/mol. The molecule has 2 rings (SSSR count). The van der Waals surface area contributed by atoms with Crippen LogP contribution in [-0.4, -0.2) is 21.5 Å². The van der Waals surface area contributed by atoms with Crippen molar-refractivity contribution in [3.05, 3.63) is 53.1 Å². The molecule has 146 valence electrons. The van der Waals surface area contributed by atoms with Gasteiger partial charge in [-0.15, -0.1) is 0 Å². The molecule has 0 bridgehead atoms. The summed E-state index contributed by atoms with van der Waals surface area (Å²) in [6.07, 6.45) is 0. The fourth-order valence-corrected chi connectivity index (χ4v) is 4.37. The second kappa shape index (κ2) is 7.60. The number of amides is 2. The lowest BCUT2D eigenvalue weighted by atomic mass is 9.85. The zero-order chi connectivity index (χ0) is 20.4. The molecule has 3 N–H and O–H groups in total. The van der Waals surface area contributed by atoms with Gasteiger partial charge in [0.25, 0.3) is 10.0 Å². The fraction of sp³-hybridized carbons (Fsp3) is 0.350. The van der Waals surface area contributed by atoms with E-state index in [9.17, 15) is 13.2 Å². The summed E-state index contributed by atoms with van der Waals surface area (Å²) in [5, 5.41) is 5.07. The average molecular weight is 390 g/mol. The highest BCUT2D eigenvalue weighted by Gasteiger charge is 2.23. The molecule has 2 aromatic rings. The lowest BCUT2D eigenvalue weighted by Gasteiger charge is -2.22. The molecule has 6 nitrogen and oxygen atoms in total. The molecule has 0 aliphatic carbocycles. The van der Waals surface area contributed by atoms with Gasteiger partial charge in [-0.05, 0) is 54.2 Å². The number of sulfonamides is 1. The van der Waals surface area contributed by atoms with Gasteiger partial charge >= 0.3 is 6.03 Å². The van der Waals surface area contributed by atoms with E-state index < -0.39 is 10.0 Å². The first kappa shape index (κ1) is 20.8. The van der Waals surface area contributed by atoms with Crippen molar-refractivity contribution in [3.63, 3.8) is 0 Å². The highest BCUT2D eigenvalue weighted by molar-refractivity contribution is 7.92. The van der Waals surface area contributed by atoms with Crippen molar-refractivity contribution in [2.24, 2.45) is 0 Å². The number of anilines is 2. The number of hydrogen-bond acceptors (Lipinski definition) is 3. The Morgan fingerprint density at radius 1 is 0.963 bits per heavy atom. The minimum atomic E-state index is -3.77. The second-order valence-electron chi connectivity index (χ2n) is 7.58. The summed E-state index contributed by atoms with van der Waals surface area (Å²) >= 11 is 0. The van der Waals surface area contributed by atoms with Gasteiger partial charge in [-0.1, -0.05) is 39.0 Å². The Bertz CT molecular complexity index is 938. The largest absolute Gasteiger partial charge is 0.341 e. The quantitative estimate of drug-likeness (QED) is 0.734. The fourth-order valence-electron chi connectivity index (χ4n) is 2.87. The third kappa shape index (κ3) is 5.01. The van der Waals surface area contributed by atoms with Crippen molar-refractivity contribution in [1.29, 1.82) is 0 Å². The summed E-state index contributed by atoms with van der Waals surface area (Å²) in [6, 6.07) is 10.0. The number of benzene rings is 2. The van der Waals surface area contributed by atoms with Crippen molar-refractivity contribution in [1.82, 2.24) is 5.32 Å². The zero-order valence-corrected chi connectivity index (χ0v) is 17.4. The van der Waals surface area contributed by atoms with Gasteiger partial charge in [0.05, 0.1) is 10.6 Å². The zero-order valence-electron chi connectivity index (χ0n) is 16.6. The Hall–Kier alpha value is -2.54. The van der Waals surface area contributed by atoms with E-state index in [2.05, 4.69) is 36.1 Å². The van der Waals surface area contributed by atoms with Crippen LogP contribution in [0.3, 0.4) is 0 Å². The van der Waals surface area contributed by atoms with Gasteiger partial charge in [0, 0.05) is 12.7 Å². The van der Waals surface area contributed by atoms with Crippen LogP contribution in [0.5, 0.6) is 0 Å². The van der Waals surface area contributed by atoms with Gasteiger partial charge in [-0.3, -0.25) is 4.72 Å². The van der Waals surface area contributed by atoms with Crippen LogP contribution in [0.15, 0.2) is 41.3 Å². The van der Waals surface area contributed by atoms with Gasteiger partial charge in [-0.2, -0.15) is 0 Å². The van der Waals surface area contributed by atoms with Crippen molar-refractivity contribution in [2.75, 3.05) is 17.1 Å². The van der Waals surface area contributed by atoms with Crippen LogP contribution < -0.4 is 15.4 Å². The summed E-state index contributed by atoms with van der Waals surface area (Å²) in [4.78, 5) is 11.7. The monoisotopic (exact) mass is 389 g/mol. The SMILES string of the molecule is CNC(=O)Nc1cccc(NS(=O)(=O)c2c(C)cc(C(C)(C)C)cc2C)c1. The smallest absolute Gasteiger partial charge is 0.318 e. The third-order valence-corrected chi connectivity index (χ3v) is 5.88. The molecule has 27 heavy (non-hydrogen) atoms. The van der Waals surface area contributed by atoms with Gasteiger partial charge in [-0.25, -0.2) is 13.2 Å². The van der Waals surface area contributed by atoms with Gasteiger partial charge in [0.2, 0.25) is 0 Å². The normalized spacial score (nSPS) is 11.8. The predicted molar refractivity (Wildman–Crippen MR) is 110 cm³/mol. The van der Waals surface area contributed by atoms with E-state index in [1.165, 1.54) is 7.05 Å². The number of hydrogen-bond donors (Lipinski definition) is 3. The van der Waals surface area contributed by atoms with Crippen molar-refractivity contribution in [2.45, 2.75) is 44.9 Å². The number of nitrogens with one attached hydrogen (secondary N) is 3. The van der Waals surface area contributed by atoms with E-state index in [1.807, 2.05) is 12.1 Å². The summed E-state index contributed by atoms with van der Waals surface area (Å²) in [7, 11) is -2.26. The maximum Gasteiger partial charge on any atom is 0.318 e. The molecule has 0 saturated carbocycles. The molecule has 0 atom stereocenters. The molecule has 0 radical (unpaired) electrons. The lowest BCUT2D eigenvalue weighted by Crippen LogP contribution is -2.24. The second-order valence-corrected chi connectivity index (χ2v) is 9.20. The summed E-state index contributed by atoms with van der Waals surface area (Å²) in [6.45, 7) is 9.90. The van der Waals surface area contributed by atoms with E-state index in [0.717, 1.165) is 5.56 Å². The van der Waals surface area contributed by atoms with Crippen molar-refractivity contribution in [3.8, 4) is 0 Å². The Morgan fingerprint density at radius 2 is 1.52 bits per heavy atom. The molecule has 7 heteroatoms. The van der Waals surface area contributed by atoms with Gasteiger partial charge in [0.1, 0.15) is 0 Å². The molecule has 0 fully saturated rings. The van der Waals surface area contributed by atoms with E-state index in [4.69, 9.17) is 0 Å². The van der Waals surface area contributed by atoms with Crippen molar-refractivity contribution >= 4 is 27.4 Å². The summed E-state index contributed by atoms with van der Waals surface area (Å²) in [5.41, 5.74) is 3.30. The first-order chi connectivity index (χ1) is 12.4. The third-order valence-electron chi connectivity index (χ3n) is 4.19. The molecule has 2 amide bonds. The van der Waals surface area contributed by atoms with E-state index >= 15 is 0 Å². The minimum absolute atomic E-state index is 0.0644. The minimum Gasteiger partial charge on any atom is -0.341 e. The van der Waals surface area contributed by atoms with Gasteiger partial charge in [0.15, 0.2) is 0 Å². The maximum atomic E-state index is 13.0. The maximum absolute atomic E-state index is 13.0. The van der Waals surface area contributed by atoms with Crippen LogP contribution in [0.4, 0.5) is 16.2 Å². The molecular formula is C20H27N3O3S. The molecule has 0 saturated heterocycles. The lowest BCUT2D eigenvalue weighted by molar-refractivity contribution is 0.254. The summed E-state index contributed by atoms with van der Waals surface area (Å²) < 4.78 is 28.6. The van der Waals surface area contributed by atoms with E-state index in [-0.39, 0.29) is 16.3 Å². The molecule has 0 aromatic heterocycles. The molecule has 0 spiro atoms. The Balaban J connectivity index is 2.38. The highest BCUT2D eigenvalue weighted by Crippen LogP contribution is 2.30. The molecule has 0 aliphatic rings. The first-order valence-electron chi connectivity index (χ1n) is 8.67. The number of aryl methyl sites for hydroxylation is 2. The molecule has 0 unspecified atom stereocenters. The number of carbonyl (C=O) groups excluding carboxylic acids is 1. The number of rotatable bonds is 4. The van der Waals surface area contributed by atoms with Crippen LogP contribution in [0, 0.1) is 13.8 Å². The van der Waals surface area contributed by atoms with Crippen LogP contribution in [0.25, 0.3) is 0 Å². The van der Waals surface area contributed by atoms with Crippen molar-refractivity contribution < 1.29 is 13.2 Å². The van der Waals surface area contributed by atoms with E-state index in [0.29, 0.717) is 22.5 Å². The molecule has 0 aliphatic heterocycles. The van der Waals surface area contributed by atoms with Gasteiger partial charge < -0.3 is 10.6 Å². The highest BCUT2D eigenvalue weighted by atomic mass is 32.2. The summed E-state index contributed by atoms with van der Waals surface area (Å²) in [5.74, 6) is 0. The van der Waals surface area contributed by atoms with E-state index in [1.54, 1.807) is 38.1 Å². The topological polar surface area (TPSA) is 87.3 Å². The van der Waals surface area contributed by atoms with Crippen LogP contribution in [0.2, 0.25) is 0 Å². The molecule has 0 heterocycles. The first-order valence-corrected chi connectivity index (χ1v) is 10.2.